The van der Waals surface area contributed by atoms with E-state index < -0.39 is 17.7 Å². The van der Waals surface area contributed by atoms with E-state index in [1.54, 1.807) is 11.0 Å². The summed E-state index contributed by atoms with van der Waals surface area (Å²) in [4.78, 5) is 30.0. The summed E-state index contributed by atoms with van der Waals surface area (Å²) in [5.74, 6) is -1.32. The maximum atomic E-state index is 13.2. The number of hydrogen-bond donors (Lipinski definition) is 1. The number of aliphatic hydroxyl groups is 1. The highest BCUT2D eigenvalue weighted by Crippen LogP contribution is 2.38. The Morgan fingerprint density at radius 3 is 2.44 bits per heavy atom. The number of nitrogens with zero attached hydrogens (tertiary/aromatic N) is 2. The molecule has 0 bridgehead atoms. The Morgan fingerprint density at radius 1 is 1.06 bits per heavy atom. The van der Waals surface area contributed by atoms with Crippen LogP contribution < -0.4 is 0 Å². The second kappa shape index (κ2) is 9.94. The fraction of sp³-hybridized carbons (Fsp3) is 0.308. The van der Waals surface area contributed by atoms with Crippen LogP contribution in [0.25, 0.3) is 6.08 Å². The molecule has 0 aromatic heterocycles. The Kier molecular flexibility index (Phi) is 6.83. The number of hydrogen-bond acceptors (Lipinski definition) is 5. The number of amides is 1. The van der Waals surface area contributed by atoms with Crippen molar-refractivity contribution < 1.29 is 19.4 Å². The summed E-state index contributed by atoms with van der Waals surface area (Å²) in [5, 5.41) is 10.7. The molecule has 32 heavy (non-hydrogen) atoms. The Labute approximate surface area is 188 Å². The maximum Gasteiger partial charge on any atom is 0.290 e. The minimum Gasteiger partial charge on any atom is -0.503 e. The van der Waals surface area contributed by atoms with E-state index in [1.807, 2.05) is 61.5 Å². The quantitative estimate of drug-likeness (QED) is 0.680. The predicted octanol–water partition coefficient (Wildman–Crippen LogP) is 3.31. The molecular formula is C26H28N2O4. The van der Waals surface area contributed by atoms with Gasteiger partial charge in [-0.1, -0.05) is 66.2 Å². The SMILES string of the molecule is Cc1ccc(C2C(C(=O)/C=C/c3ccccc3)=C(O)C(=O)N2CCN2CCOCC2)cc1. The van der Waals surface area contributed by atoms with E-state index >= 15 is 0 Å². The molecule has 1 fully saturated rings. The largest absolute Gasteiger partial charge is 0.503 e. The second-order valence-corrected chi connectivity index (χ2v) is 8.14. The smallest absolute Gasteiger partial charge is 0.290 e. The van der Waals surface area contributed by atoms with E-state index in [0.717, 1.165) is 29.8 Å². The van der Waals surface area contributed by atoms with Gasteiger partial charge in [0.05, 0.1) is 24.8 Å². The van der Waals surface area contributed by atoms with Crippen molar-refractivity contribution in [2.45, 2.75) is 13.0 Å². The number of aliphatic hydroxyl groups excluding tert-OH is 1. The van der Waals surface area contributed by atoms with Crippen molar-refractivity contribution in [1.29, 1.82) is 0 Å². The van der Waals surface area contributed by atoms with Crippen LogP contribution in [0, 0.1) is 6.92 Å². The highest BCUT2D eigenvalue weighted by molar-refractivity contribution is 6.14. The first-order valence-corrected chi connectivity index (χ1v) is 10.9. The van der Waals surface area contributed by atoms with Crippen LogP contribution in [0.1, 0.15) is 22.7 Å². The standard InChI is InChI=1S/C26H28N2O4/c1-19-7-10-21(11-8-19)24-23(22(29)12-9-20-5-3-2-4-6-20)25(30)26(31)28(24)14-13-27-15-17-32-18-16-27/h2-12,24,30H,13-18H2,1H3/b12-9+. The zero-order valence-corrected chi connectivity index (χ0v) is 18.2. The molecule has 166 valence electrons. The van der Waals surface area contributed by atoms with Crippen molar-refractivity contribution in [1.82, 2.24) is 9.80 Å². The Bertz CT molecular complexity index is 1020. The van der Waals surface area contributed by atoms with E-state index in [-0.39, 0.29) is 11.4 Å². The van der Waals surface area contributed by atoms with Gasteiger partial charge in [-0.05, 0) is 24.1 Å². The number of rotatable bonds is 7. The van der Waals surface area contributed by atoms with Crippen LogP contribution in [0.2, 0.25) is 0 Å². The number of carbonyl (C=O) groups is 2. The van der Waals surface area contributed by atoms with Crippen molar-refractivity contribution in [2.24, 2.45) is 0 Å². The lowest BCUT2D eigenvalue weighted by Crippen LogP contribution is -2.43. The zero-order valence-electron chi connectivity index (χ0n) is 18.2. The van der Waals surface area contributed by atoms with Gasteiger partial charge in [-0.3, -0.25) is 14.5 Å². The number of aryl methyl sites for hydroxylation is 1. The van der Waals surface area contributed by atoms with E-state index in [0.29, 0.717) is 26.3 Å². The molecule has 2 aromatic carbocycles. The minimum atomic E-state index is -0.614. The van der Waals surface area contributed by atoms with Gasteiger partial charge in [0.2, 0.25) is 0 Å². The molecule has 0 saturated carbocycles. The number of morpholine rings is 1. The van der Waals surface area contributed by atoms with Gasteiger partial charge in [-0.2, -0.15) is 0 Å². The van der Waals surface area contributed by atoms with E-state index in [4.69, 9.17) is 4.74 Å². The zero-order chi connectivity index (χ0) is 22.5. The molecule has 1 amide bonds. The molecular weight excluding hydrogens is 404 g/mol. The topological polar surface area (TPSA) is 70.1 Å². The van der Waals surface area contributed by atoms with Crippen molar-refractivity contribution in [3.05, 3.63) is 88.7 Å². The Balaban J connectivity index is 1.61. The number of benzene rings is 2. The predicted molar refractivity (Wildman–Crippen MR) is 123 cm³/mol. The third-order valence-corrected chi connectivity index (χ3v) is 5.95. The summed E-state index contributed by atoms with van der Waals surface area (Å²) in [6.45, 7) is 6.03. The molecule has 6 heteroatoms. The monoisotopic (exact) mass is 432 g/mol. The van der Waals surface area contributed by atoms with Gasteiger partial charge < -0.3 is 14.7 Å². The summed E-state index contributed by atoms with van der Waals surface area (Å²) in [6.07, 6.45) is 3.14. The van der Waals surface area contributed by atoms with Gasteiger partial charge in [-0.15, -0.1) is 0 Å². The summed E-state index contributed by atoms with van der Waals surface area (Å²) in [6, 6.07) is 16.6. The summed E-state index contributed by atoms with van der Waals surface area (Å²) in [7, 11) is 0. The highest BCUT2D eigenvalue weighted by atomic mass is 16.5. The molecule has 1 unspecified atom stereocenters. The van der Waals surface area contributed by atoms with Crippen LogP contribution in [0.5, 0.6) is 0 Å². The first-order valence-electron chi connectivity index (χ1n) is 10.9. The van der Waals surface area contributed by atoms with Gasteiger partial charge in [0, 0.05) is 26.2 Å². The molecule has 2 heterocycles. The summed E-state index contributed by atoms with van der Waals surface area (Å²) < 4.78 is 5.40. The third-order valence-electron chi connectivity index (χ3n) is 5.95. The van der Waals surface area contributed by atoms with Crippen molar-refractivity contribution in [3.63, 3.8) is 0 Å². The van der Waals surface area contributed by atoms with Crippen LogP contribution in [0.4, 0.5) is 0 Å². The lowest BCUT2D eigenvalue weighted by molar-refractivity contribution is -0.129. The van der Waals surface area contributed by atoms with Crippen molar-refractivity contribution >= 4 is 17.8 Å². The molecule has 1 atom stereocenters. The average molecular weight is 433 g/mol. The van der Waals surface area contributed by atoms with Gasteiger partial charge in [0.15, 0.2) is 11.5 Å². The number of ketones is 1. The van der Waals surface area contributed by atoms with Crippen LogP contribution in [0.15, 0.2) is 72.0 Å². The molecule has 2 aromatic rings. The van der Waals surface area contributed by atoms with Crippen LogP contribution in [0.3, 0.4) is 0 Å². The Morgan fingerprint density at radius 2 is 1.75 bits per heavy atom. The summed E-state index contributed by atoms with van der Waals surface area (Å²) >= 11 is 0. The van der Waals surface area contributed by atoms with Gasteiger partial charge in [0.1, 0.15) is 0 Å². The fourth-order valence-corrected chi connectivity index (χ4v) is 4.13. The maximum absolute atomic E-state index is 13.2. The lowest BCUT2D eigenvalue weighted by atomic mass is 9.95. The normalized spacial score (nSPS) is 19.8. The second-order valence-electron chi connectivity index (χ2n) is 8.14. The number of carbonyl (C=O) groups excluding carboxylic acids is 2. The number of ether oxygens (including phenoxy) is 1. The van der Waals surface area contributed by atoms with Crippen LogP contribution in [-0.4, -0.2) is 66.0 Å². The first-order chi connectivity index (χ1) is 15.5. The fourth-order valence-electron chi connectivity index (χ4n) is 4.13. The van der Waals surface area contributed by atoms with E-state index in [9.17, 15) is 14.7 Å². The molecule has 2 aliphatic heterocycles. The van der Waals surface area contributed by atoms with Crippen molar-refractivity contribution in [2.75, 3.05) is 39.4 Å². The molecule has 0 radical (unpaired) electrons. The molecule has 4 rings (SSSR count). The highest BCUT2D eigenvalue weighted by Gasteiger charge is 2.42. The molecule has 1 N–H and O–H groups in total. The minimum absolute atomic E-state index is 0.132. The Hall–Kier alpha value is -3.22. The number of allylic oxidation sites excluding steroid dienone is 1. The van der Waals surface area contributed by atoms with Crippen LogP contribution in [-0.2, 0) is 14.3 Å². The van der Waals surface area contributed by atoms with E-state index in [2.05, 4.69) is 4.90 Å². The molecule has 2 aliphatic rings. The molecule has 0 aliphatic carbocycles. The molecule has 0 spiro atoms. The molecule has 1 saturated heterocycles. The van der Waals surface area contributed by atoms with Gasteiger partial charge >= 0.3 is 0 Å². The van der Waals surface area contributed by atoms with E-state index in [1.165, 1.54) is 6.08 Å². The van der Waals surface area contributed by atoms with Crippen molar-refractivity contribution in [3.8, 4) is 0 Å². The average Bonchev–Trinajstić information content (AvgIpc) is 3.08. The molecule has 6 nitrogen and oxygen atoms in total. The van der Waals surface area contributed by atoms with Crippen LogP contribution >= 0.6 is 0 Å². The van der Waals surface area contributed by atoms with Gasteiger partial charge in [-0.25, -0.2) is 0 Å². The third kappa shape index (κ3) is 4.82. The lowest BCUT2D eigenvalue weighted by Gasteiger charge is -2.31. The van der Waals surface area contributed by atoms with Gasteiger partial charge in [0.25, 0.3) is 5.91 Å². The first kappa shape index (κ1) is 22.0. The summed E-state index contributed by atoms with van der Waals surface area (Å²) in [5.41, 5.74) is 2.91.